The van der Waals surface area contributed by atoms with Gasteiger partial charge in [0.1, 0.15) is 12.4 Å². The SMILES string of the molecule is COc1cccc(COC(=O)Nc2cccs2)c1. The van der Waals surface area contributed by atoms with E-state index in [0.29, 0.717) is 0 Å². The molecule has 0 aliphatic rings. The Hall–Kier alpha value is -2.01. The molecule has 0 bridgehead atoms. The van der Waals surface area contributed by atoms with Gasteiger partial charge in [-0.3, -0.25) is 5.32 Å². The van der Waals surface area contributed by atoms with E-state index in [0.717, 1.165) is 16.3 Å². The van der Waals surface area contributed by atoms with Crippen LogP contribution in [0.2, 0.25) is 0 Å². The molecule has 0 aliphatic heterocycles. The maximum Gasteiger partial charge on any atom is 0.412 e. The molecule has 0 fully saturated rings. The molecule has 0 aliphatic carbocycles. The minimum atomic E-state index is -0.458. The minimum absolute atomic E-state index is 0.217. The fraction of sp³-hybridized carbons (Fsp3) is 0.154. The molecule has 94 valence electrons. The van der Waals surface area contributed by atoms with Crippen LogP contribution < -0.4 is 10.1 Å². The largest absolute Gasteiger partial charge is 0.497 e. The van der Waals surface area contributed by atoms with E-state index in [1.54, 1.807) is 7.11 Å². The standard InChI is InChI=1S/C13H13NO3S/c1-16-11-5-2-4-10(8-11)9-17-13(15)14-12-6-3-7-18-12/h2-8H,9H2,1H3,(H,14,15). The molecule has 0 unspecified atom stereocenters. The highest BCUT2D eigenvalue weighted by Crippen LogP contribution is 2.16. The second kappa shape index (κ2) is 6.07. The van der Waals surface area contributed by atoms with Gasteiger partial charge in [0.15, 0.2) is 0 Å². The summed E-state index contributed by atoms with van der Waals surface area (Å²) in [5, 5.41) is 5.30. The lowest BCUT2D eigenvalue weighted by atomic mass is 10.2. The van der Waals surface area contributed by atoms with Crippen molar-refractivity contribution in [3.63, 3.8) is 0 Å². The third kappa shape index (κ3) is 3.49. The molecule has 1 N–H and O–H groups in total. The first-order chi connectivity index (χ1) is 8.78. The Morgan fingerprint density at radius 1 is 1.33 bits per heavy atom. The average molecular weight is 263 g/mol. The molecular formula is C13H13NO3S. The van der Waals surface area contributed by atoms with E-state index in [1.165, 1.54) is 11.3 Å². The number of amides is 1. The lowest BCUT2D eigenvalue weighted by Crippen LogP contribution is -2.12. The fourth-order valence-corrected chi connectivity index (χ4v) is 2.00. The van der Waals surface area contributed by atoms with Crippen LogP contribution in [0.4, 0.5) is 9.80 Å². The van der Waals surface area contributed by atoms with Crippen molar-refractivity contribution in [1.29, 1.82) is 0 Å². The number of carbonyl (C=O) groups is 1. The monoisotopic (exact) mass is 263 g/mol. The first-order valence-corrected chi connectivity index (χ1v) is 6.26. The van der Waals surface area contributed by atoms with Gasteiger partial charge in [-0.2, -0.15) is 0 Å². The topological polar surface area (TPSA) is 47.6 Å². The zero-order valence-electron chi connectivity index (χ0n) is 9.88. The lowest BCUT2D eigenvalue weighted by molar-refractivity contribution is 0.155. The minimum Gasteiger partial charge on any atom is -0.497 e. The summed E-state index contributed by atoms with van der Waals surface area (Å²) in [6, 6.07) is 11.1. The van der Waals surface area contributed by atoms with Crippen molar-refractivity contribution in [3.05, 3.63) is 47.3 Å². The van der Waals surface area contributed by atoms with Crippen molar-refractivity contribution in [2.45, 2.75) is 6.61 Å². The summed E-state index contributed by atoms with van der Waals surface area (Å²) < 4.78 is 10.2. The maximum absolute atomic E-state index is 11.5. The van der Waals surface area contributed by atoms with Gasteiger partial charge in [-0.05, 0) is 35.2 Å². The predicted molar refractivity (Wildman–Crippen MR) is 71.1 cm³/mol. The molecule has 1 amide bonds. The number of methoxy groups -OCH3 is 1. The van der Waals surface area contributed by atoms with Gasteiger partial charge in [-0.1, -0.05) is 12.1 Å². The number of thiophene rings is 1. The predicted octanol–water partition coefficient (Wildman–Crippen LogP) is 3.51. The Bertz CT molecular complexity index is 511. The summed E-state index contributed by atoms with van der Waals surface area (Å²) in [6.45, 7) is 0.217. The number of hydrogen-bond donors (Lipinski definition) is 1. The van der Waals surface area contributed by atoms with Gasteiger partial charge in [0, 0.05) is 0 Å². The number of nitrogens with one attached hydrogen (secondary N) is 1. The first kappa shape index (κ1) is 12.4. The van der Waals surface area contributed by atoms with Gasteiger partial charge in [-0.25, -0.2) is 4.79 Å². The number of carbonyl (C=O) groups excluding carboxylic acids is 1. The number of benzene rings is 1. The Labute approximate surface area is 109 Å². The molecule has 18 heavy (non-hydrogen) atoms. The van der Waals surface area contributed by atoms with Crippen molar-refractivity contribution in [1.82, 2.24) is 0 Å². The van der Waals surface area contributed by atoms with E-state index in [9.17, 15) is 4.79 Å². The number of hydrogen-bond acceptors (Lipinski definition) is 4. The second-order valence-corrected chi connectivity index (χ2v) is 4.48. The van der Waals surface area contributed by atoms with Crippen LogP contribution in [0.15, 0.2) is 41.8 Å². The van der Waals surface area contributed by atoms with E-state index in [-0.39, 0.29) is 6.61 Å². The molecule has 2 rings (SSSR count). The molecule has 0 saturated carbocycles. The van der Waals surface area contributed by atoms with E-state index in [1.807, 2.05) is 41.8 Å². The molecular weight excluding hydrogens is 250 g/mol. The normalized spacial score (nSPS) is 9.83. The molecule has 5 heteroatoms. The fourth-order valence-electron chi connectivity index (χ4n) is 1.40. The van der Waals surface area contributed by atoms with Crippen LogP contribution in [0.25, 0.3) is 0 Å². The van der Waals surface area contributed by atoms with Gasteiger partial charge in [0.05, 0.1) is 12.1 Å². The van der Waals surface area contributed by atoms with Crippen molar-refractivity contribution in [3.8, 4) is 5.75 Å². The Balaban J connectivity index is 1.85. The van der Waals surface area contributed by atoms with Crippen LogP contribution in [0.3, 0.4) is 0 Å². The van der Waals surface area contributed by atoms with Crippen LogP contribution in [0.1, 0.15) is 5.56 Å². The molecule has 0 radical (unpaired) electrons. The van der Waals surface area contributed by atoms with Crippen molar-refractivity contribution >= 4 is 22.4 Å². The summed E-state index contributed by atoms with van der Waals surface area (Å²) in [6.07, 6.45) is -0.458. The van der Waals surface area contributed by atoms with E-state index in [2.05, 4.69) is 5.32 Å². The third-order valence-electron chi connectivity index (χ3n) is 2.25. The Kier molecular flexibility index (Phi) is 4.20. The average Bonchev–Trinajstić information content (AvgIpc) is 2.89. The number of rotatable bonds is 4. The summed E-state index contributed by atoms with van der Waals surface area (Å²) in [4.78, 5) is 11.5. The number of anilines is 1. The van der Waals surface area contributed by atoms with Crippen LogP contribution >= 0.6 is 11.3 Å². The molecule has 2 aromatic rings. The molecule has 0 saturated heterocycles. The summed E-state index contributed by atoms with van der Waals surface area (Å²) >= 11 is 1.45. The lowest BCUT2D eigenvalue weighted by Gasteiger charge is -2.06. The second-order valence-electron chi connectivity index (χ2n) is 3.53. The van der Waals surface area contributed by atoms with Crippen LogP contribution in [0, 0.1) is 0 Å². The quantitative estimate of drug-likeness (QED) is 0.918. The van der Waals surface area contributed by atoms with E-state index >= 15 is 0 Å². The van der Waals surface area contributed by atoms with Crippen LogP contribution in [0.5, 0.6) is 5.75 Å². The molecule has 1 aromatic carbocycles. The smallest absolute Gasteiger partial charge is 0.412 e. The van der Waals surface area contributed by atoms with Crippen molar-refractivity contribution < 1.29 is 14.3 Å². The zero-order valence-corrected chi connectivity index (χ0v) is 10.7. The van der Waals surface area contributed by atoms with Crippen molar-refractivity contribution in [2.75, 3.05) is 12.4 Å². The van der Waals surface area contributed by atoms with E-state index in [4.69, 9.17) is 9.47 Å². The Morgan fingerprint density at radius 3 is 2.94 bits per heavy atom. The first-order valence-electron chi connectivity index (χ1n) is 5.38. The van der Waals surface area contributed by atoms with Crippen LogP contribution in [-0.2, 0) is 11.3 Å². The van der Waals surface area contributed by atoms with Gasteiger partial charge >= 0.3 is 6.09 Å². The van der Waals surface area contributed by atoms with E-state index < -0.39 is 6.09 Å². The highest BCUT2D eigenvalue weighted by molar-refractivity contribution is 7.14. The molecule has 0 spiro atoms. The van der Waals surface area contributed by atoms with Gasteiger partial charge in [0.25, 0.3) is 0 Å². The third-order valence-corrected chi connectivity index (χ3v) is 3.04. The molecule has 1 aromatic heterocycles. The maximum atomic E-state index is 11.5. The summed E-state index contributed by atoms with van der Waals surface area (Å²) in [5.41, 5.74) is 0.885. The van der Waals surface area contributed by atoms with Gasteiger partial charge in [-0.15, -0.1) is 11.3 Å². The summed E-state index contributed by atoms with van der Waals surface area (Å²) in [7, 11) is 1.60. The summed E-state index contributed by atoms with van der Waals surface area (Å²) in [5.74, 6) is 0.745. The Morgan fingerprint density at radius 2 is 2.22 bits per heavy atom. The molecule has 0 atom stereocenters. The molecule has 1 heterocycles. The van der Waals surface area contributed by atoms with Crippen molar-refractivity contribution in [2.24, 2.45) is 0 Å². The van der Waals surface area contributed by atoms with Gasteiger partial charge < -0.3 is 9.47 Å². The highest BCUT2D eigenvalue weighted by Gasteiger charge is 2.04. The molecule has 4 nitrogen and oxygen atoms in total. The van der Waals surface area contributed by atoms with Gasteiger partial charge in [0.2, 0.25) is 0 Å². The highest BCUT2D eigenvalue weighted by atomic mass is 32.1. The number of ether oxygens (including phenoxy) is 2. The van der Waals surface area contributed by atoms with Crippen LogP contribution in [-0.4, -0.2) is 13.2 Å². The zero-order chi connectivity index (χ0) is 12.8.